The van der Waals surface area contributed by atoms with Gasteiger partial charge in [0.1, 0.15) is 12.2 Å². The van der Waals surface area contributed by atoms with Crippen LogP contribution in [0, 0.1) is 0 Å². The Balaban J connectivity index is 1.16. The quantitative estimate of drug-likeness (QED) is 0.432. The summed E-state index contributed by atoms with van der Waals surface area (Å²) in [6.07, 6.45) is 7.48. The molecule has 0 aromatic heterocycles. The van der Waals surface area contributed by atoms with Gasteiger partial charge in [0.2, 0.25) is 0 Å². The van der Waals surface area contributed by atoms with Gasteiger partial charge in [-0.1, -0.05) is 12.8 Å². The van der Waals surface area contributed by atoms with E-state index in [0.29, 0.717) is 19.6 Å². The molecule has 0 aliphatic carbocycles. The van der Waals surface area contributed by atoms with Crippen LogP contribution in [0.5, 0.6) is 0 Å². The van der Waals surface area contributed by atoms with E-state index < -0.39 is 17.9 Å². The lowest BCUT2D eigenvalue weighted by Crippen LogP contribution is -2.39. The van der Waals surface area contributed by atoms with E-state index in [1.807, 2.05) is 27.7 Å². The maximum absolute atomic E-state index is 6.31. The van der Waals surface area contributed by atoms with Crippen LogP contribution in [-0.2, 0) is 37.9 Å². The molecule has 6 atom stereocenters. The van der Waals surface area contributed by atoms with Gasteiger partial charge in [0.25, 0.3) is 0 Å². The molecule has 0 aromatic rings. The normalized spacial score (nSPS) is 38.2. The second-order valence-corrected chi connectivity index (χ2v) is 10.2. The number of rotatable bonds is 11. The summed E-state index contributed by atoms with van der Waals surface area (Å²) in [4.78, 5) is 0. The minimum Gasteiger partial charge on any atom is -0.373 e. The topological polar surface area (TPSA) is 73.8 Å². The Morgan fingerprint density at radius 1 is 0.844 bits per heavy atom. The molecule has 4 saturated heterocycles. The Bertz CT molecular complexity index is 576. The summed E-state index contributed by atoms with van der Waals surface area (Å²) in [5.74, 6) is -1.20. The van der Waals surface area contributed by atoms with Crippen LogP contribution in [0.3, 0.4) is 0 Å². The molecule has 8 nitrogen and oxygen atoms in total. The average molecular weight is 459 g/mol. The summed E-state index contributed by atoms with van der Waals surface area (Å²) in [7, 11) is 0. The first-order valence-electron chi connectivity index (χ1n) is 12.5. The van der Waals surface area contributed by atoms with Crippen molar-refractivity contribution in [3.8, 4) is 0 Å². The Hall–Kier alpha value is -0.320. The summed E-state index contributed by atoms with van der Waals surface area (Å²) in [6.45, 7) is 10.6. The van der Waals surface area contributed by atoms with Crippen LogP contribution in [-0.4, -0.2) is 75.0 Å². The van der Waals surface area contributed by atoms with Gasteiger partial charge in [-0.2, -0.15) is 0 Å². The van der Waals surface area contributed by atoms with Gasteiger partial charge in [-0.05, 0) is 59.8 Å². The highest BCUT2D eigenvalue weighted by Gasteiger charge is 2.56. The number of hydrogen-bond donors (Lipinski definition) is 0. The second kappa shape index (κ2) is 11.0. The molecule has 32 heavy (non-hydrogen) atoms. The zero-order valence-corrected chi connectivity index (χ0v) is 20.2. The highest BCUT2D eigenvalue weighted by Crippen LogP contribution is 2.41. The molecule has 0 amide bonds. The van der Waals surface area contributed by atoms with Crippen molar-refractivity contribution in [2.45, 2.75) is 128 Å². The molecule has 4 rings (SSSR count). The lowest BCUT2D eigenvalue weighted by atomic mass is 10.0. The van der Waals surface area contributed by atoms with Crippen LogP contribution in [0.25, 0.3) is 0 Å². The molecule has 186 valence electrons. The van der Waals surface area contributed by atoms with E-state index in [1.165, 1.54) is 6.42 Å². The second-order valence-electron chi connectivity index (χ2n) is 10.2. The van der Waals surface area contributed by atoms with Crippen LogP contribution >= 0.6 is 0 Å². The average Bonchev–Trinajstić information content (AvgIpc) is 3.34. The summed E-state index contributed by atoms with van der Waals surface area (Å²) in [5.41, 5.74) is 0. The molecular formula is C24H42O8. The zero-order valence-electron chi connectivity index (χ0n) is 20.2. The molecule has 4 heterocycles. The molecule has 0 bridgehead atoms. The highest BCUT2D eigenvalue weighted by atomic mass is 16.8. The Morgan fingerprint density at radius 2 is 1.62 bits per heavy atom. The standard InChI is InChI=1S/C24H42O8/c1-23(2)28-16-17(30-23)15-18-20(21-22(29-18)32-24(3,4)31-21)27-14-9-6-5-8-12-25-19-11-7-10-13-26-19/h17-22H,5-16H2,1-4H3. The smallest absolute Gasteiger partial charge is 0.190 e. The zero-order chi connectivity index (χ0) is 22.6. The van der Waals surface area contributed by atoms with Gasteiger partial charge in [0.15, 0.2) is 24.2 Å². The van der Waals surface area contributed by atoms with Gasteiger partial charge in [-0.25, -0.2) is 0 Å². The van der Waals surface area contributed by atoms with Crippen LogP contribution in [0.15, 0.2) is 0 Å². The van der Waals surface area contributed by atoms with E-state index in [-0.39, 0.29) is 30.7 Å². The third-order valence-electron chi connectivity index (χ3n) is 6.44. The van der Waals surface area contributed by atoms with Crippen LogP contribution in [0.1, 0.15) is 79.1 Å². The van der Waals surface area contributed by atoms with E-state index in [4.69, 9.17) is 37.9 Å². The highest BCUT2D eigenvalue weighted by molar-refractivity contribution is 4.95. The van der Waals surface area contributed by atoms with Crippen molar-refractivity contribution in [3.63, 3.8) is 0 Å². The Labute approximate surface area is 192 Å². The first-order valence-corrected chi connectivity index (χ1v) is 12.5. The summed E-state index contributed by atoms with van der Waals surface area (Å²) >= 11 is 0. The van der Waals surface area contributed by atoms with Crippen LogP contribution in [0.4, 0.5) is 0 Å². The molecular weight excluding hydrogens is 416 g/mol. The number of unbranched alkanes of at least 4 members (excludes halogenated alkanes) is 3. The minimum absolute atomic E-state index is 0.0111. The van der Waals surface area contributed by atoms with Crippen molar-refractivity contribution >= 4 is 0 Å². The van der Waals surface area contributed by atoms with Gasteiger partial charge < -0.3 is 37.9 Å². The Morgan fingerprint density at radius 3 is 2.31 bits per heavy atom. The fourth-order valence-corrected chi connectivity index (χ4v) is 4.91. The van der Waals surface area contributed by atoms with Crippen molar-refractivity contribution in [1.29, 1.82) is 0 Å². The van der Waals surface area contributed by atoms with E-state index in [1.54, 1.807) is 0 Å². The molecule has 0 aromatic carbocycles. The van der Waals surface area contributed by atoms with Gasteiger partial charge >= 0.3 is 0 Å². The number of hydrogen-bond acceptors (Lipinski definition) is 8. The van der Waals surface area contributed by atoms with E-state index in [0.717, 1.165) is 51.7 Å². The van der Waals surface area contributed by atoms with E-state index >= 15 is 0 Å². The molecule has 6 unspecified atom stereocenters. The SMILES string of the molecule is CC1(C)OCC(CC2OC3OC(C)(C)OC3C2OCCCCCCOC2CCCCO2)O1. The molecule has 0 spiro atoms. The summed E-state index contributed by atoms with van der Waals surface area (Å²) in [6, 6.07) is 0. The van der Waals surface area contributed by atoms with E-state index in [2.05, 4.69) is 0 Å². The number of ether oxygens (including phenoxy) is 8. The maximum Gasteiger partial charge on any atom is 0.190 e. The lowest BCUT2D eigenvalue weighted by Gasteiger charge is -2.27. The van der Waals surface area contributed by atoms with Crippen LogP contribution in [0.2, 0.25) is 0 Å². The van der Waals surface area contributed by atoms with Crippen molar-refractivity contribution < 1.29 is 37.9 Å². The molecule has 0 saturated carbocycles. The minimum atomic E-state index is -0.654. The monoisotopic (exact) mass is 458 g/mol. The predicted molar refractivity (Wildman–Crippen MR) is 116 cm³/mol. The molecule has 4 aliphatic rings. The molecule has 8 heteroatoms. The maximum atomic E-state index is 6.31. The number of fused-ring (bicyclic) bond motifs is 1. The third-order valence-corrected chi connectivity index (χ3v) is 6.44. The molecule has 0 N–H and O–H groups in total. The van der Waals surface area contributed by atoms with Gasteiger partial charge in [-0.3, -0.25) is 0 Å². The molecule has 0 radical (unpaired) electrons. The fraction of sp³-hybridized carbons (Fsp3) is 1.00. The third kappa shape index (κ3) is 6.85. The van der Waals surface area contributed by atoms with E-state index in [9.17, 15) is 0 Å². The van der Waals surface area contributed by atoms with Gasteiger partial charge in [0, 0.05) is 26.2 Å². The Kier molecular flexibility index (Phi) is 8.48. The van der Waals surface area contributed by atoms with Crippen molar-refractivity contribution in [1.82, 2.24) is 0 Å². The fourth-order valence-electron chi connectivity index (χ4n) is 4.91. The van der Waals surface area contributed by atoms with Gasteiger partial charge in [0.05, 0.1) is 18.8 Å². The van der Waals surface area contributed by atoms with Gasteiger partial charge in [-0.15, -0.1) is 0 Å². The van der Waals surface area contributed by atoms with Crippen molar-refractivity contribution in [2.75, 3.05) is 26.4 Å². The lowest BCUT2D eigenvalue weighted by molar-refractivity contribution is -0.222. The van der Waals surface area contributed by atoms with Crippen molar-refractivity contribution in [3.05, 3.63) is 0 Å². The van der Waals surface area contributed by atoms with Crippen molar-refractivity contribution in [2.24, 2.45) is 0 Å². The van der Waals surface area contributed by atoms with Crippen LogP contribution < -0.4 is 0 Å². The largest absolute Gasteiger partial charge is 0.373 e. The first-order chi connectivity index (χ1) is 15.3. The first kappa shape index (κ1) is 24.8. The predicted octanol–water partition coefficient (Wildman–Crippen LogP) is 3.89. The summed E-state index contributed by atoms with van der Waals surface area (Å²) in [5, 5.41) is 0. The molecule has 4 aliphatic heterocycles. The molecule has 4 fully saturated rings. The summed E-state index contributed by atoms with van der Waals surface area (Å²) < 4.78 is 47.7.